The van der Waals surface area contributed by atoms with Crippen LogP contribution < -0.4 is 0 Å². The summed E-state index contributed by atoms with van der Waals surface area (Å²) in [6, 6.07) is 12.5. The van der Waals surface area contributed by atoms with Crippen LogP contribution >= 0.6 is 0 Å². The first-order valence-corrected chi connectivity index (χ1v) is 10.7. The summed E-state index contributed by atoms with van der Waals surface area (Å²) in [5.41, 5.74) is 1.88. The highest BCUT2D eigenvalue weighted by atomic mass is 19.1. The van der Waals surface area contributed by atoms with Crippen molar-refractivity contribution in [2.45, 2.75) is 38.0 Å². The predicted octanol–water partition coefficient (Wildman–Crippen LogP) is 3.90. The molecular formula is C24H24FN3O4. The highest BCUT2D eigenvalue weighted by Crippen LogP contribution is 2.29. The molecule has 2 heterocycles. The summed E-state index contributed by atoms with van der Waals surface area (Å²) >= 11 is 0. The van der Waals surface area contributed by atoms with Crippen molar-refractivity contribution in [3.63, 3.8) is 0 Å². The lowest BCUT2D eigenvalue weighted by Gasteiger charge is -2.17. The average Bonchev–Trinajstić information content (AvgIpc) is 3.27. The van der Waals surface area contributed by atoms with Gasteiger partial charge in [0.1, 0.15) is 11.5 Å². The molecule has 1 atom stereocenters. The molecule has 1 aromatic heterocycles. The minimum Gasteiger partial charge on any atom is -0.492 e. The van der Waals surface area contributed by atoms with Gasteiger partial charge in [0.05, 0.1) is 16.6 Å². The summed E-state index contributed by atoms with van der Waals surface area (Å²) in [5, 5.41) is 18.8. The summed E-state index contributed by atoms with van der Waals surface area (Å²) in [5.74, 6) is -2.06. The summed E-state index contributed by atoms with van der Waals surface area (Å²) in [6.07, 6.45) is 2.15. The van der Waals surface area contributed by atoms with Crippen molar-refractivity contribution >= 4 is 22.9 Å². The summed E-state index contributed by atoms with van der Waals surface area (Å²) in [6.45, 7) is 1.07. The van der Waals surface area contributed by atoms with E-state index in [9.17, 15) is 19.1 Å². The van der Waals surface area contributed by atoms with Gasteiger partial charge >= 0.3 is 5.97 Å². The number of carboxylic acids is 1. The Morgan fingerprint density at radius 1 is 1.09 bits per heavy atom. The van der Waals surface area contributed by atoms with Gasteiger partial charge in [-0.05, 0) is 37.3 Å². The largest absolute Gasteiger partial charge is 0.492 e. The molecule has 1 aliphatic rings. The number of fused-ring (bicyclic) bond motifs is 1. The zero-order chi connectivity index (χ0) is 22.7. The van der Waals surface area contributed by atoms with E-state index in [1.807, 2.05) is 30.3 Å². The summed E-state index contributed by atoms with van der Waals surface area (Å²) < 4.78 is 14.7. The number of rotatable bonds is 7. The number of aromatic hydroxyl groups is 1. The molecule has 0 aliphatic carbocycles. The van der Waals surface area contributed by atoms with Crippen molar-refractivity contribution in [2.24, 2.45) is 0 Å². The maximum absolute atomic E-state index is 14.7. The van der Waals surface area contributed by atoms with Crippen LogP contribution in [0.15, 0.2) is 42.5 Å². The van der Waals surface area contributed by atoms with Crippen LogP contribution in [0.2, 0.25) is 0 Å². The Kier molecular flexibility index (Phi) is 6.30. The number of aromatic nitrogens is 2. The summed E-state index contributed by atoms with van der Waals surface area (Å²) in [4.78, 5) is 33.7. The van der Waals surface area contributed by atoms with Gasteiger partial charge in [0.15, 0.2) is 0 Å². The first kappa shape index (κ1) is 21.7. The number of carbonyl (C=O) groups excluding carboxylic acids is 1. The fourth-order valence-electron chi connectivity index (χ4n) is 4.12. The highest BCUT2D eigenvalue weighted by Gasteiger charge is 2.29. The van der Waals surface area contributed by atoms with Gasteiger partial charge in [-0.1, -0.05) is 30.3 Å². The Balaban J connectivity index is 1.53. The molecule has 7 nitrogen and oxygen atoms in total. The molecule has 0 bridgehead atoms. The number of aryl methyl sites for hydroxylation is 1. The van der Waals surface area contributed by atoms with Crippen LogP contribution in [0.4, 0.5) is 4.39 Å². The van der Waals surface area contributed by atoms with Crippen molar-refractivity contribution < 1.29 is 24.2 Å². The Morgan fingerprint density at radius 2 is 1.84 bits per heavy atom. The lowest BCUT2D eigenvalue weighted by Crippen LogP contribution is -2.29. The van der Waals surface area contributed by atoms with Crippen molar-refractivity contribution in [3.05, 3.63) is 65.1 Å². The second-order valence-electron chi connectivity index (χ2n) is 8.06. The number of likely N-dealkylation sites (tertiary alicyclic amines) is 1. The Bertz CT molecular complexity index is 1150. The number of benzene rings is 2. The molecule has 32 heavy (non-hydrogen) atoms. The fourth-order valence-corrected chi connectivity index (χ4v) is 4.12. The molecule has 0 radical (unpaired) electrons. The van der Waals surface area contributed by atoms with Gasteiger partial charge in [-0.15, -0.1) is 0 Å². The number of unbranched alkanes of at least 4 members (excludes halogenated alkanes) is 1. The van der Waals surface area contributed by atoms with Crippen LogP contribution in [-0.4, -0.2) is 50.0 Å². The number of halogens is 1. The standard InChI is InChI=1S/C24H24FN3O4/c25-18-13-21-20(26-19(23(31)27-21)8-4-5-9-22(29)30)12-17(18)24(32)28-11-10-16(14-28)15-6-2-1-3-7-15/h1-3,6-7,12-13,16H,4-5,8-11,14H2,(H,27,31)(H,29,30). The highest BCUT2D eigenvalue weighted by molar-refractivity contribution is 5.97. The number of aliphatic carboxylic acids is 1. The number of hydrogen-bond donors (Lipinski definition) is 2. The summed E-state index contributed by atoms with van der Waals surface area (Å²) in [7, 11) is 0. The SMILES string of the molecule is O=C(O)CCCCc1nc2cc(C(=O)N3CCC(c4ccccc4)C3)c(F)cc2nc1O. The maximum Gasteiger partial charge on any atom is 0.303 e. The number of hydrogen-bond acceptors (Lipinski definition) is 5. The molecule has 0 spiro atoms. The fraction of sp³-hybridized carbons (Fsp3) is 0.333. The molecule has 1 unspecified atom stereocenters. The molecule has 0 saturated carbocycles. The second kappa shape index (κ2) is 9.30. The van der Waals surface area contributed by atoms with E-state index in [4.69, 9.17) is 5.11 Å². The first-order chi connectivity index (χ1) is 15.4. The minimum atomic E-state index is -0.881. The number of carboxylic acid groups (broad SMARTS) is 1. The molecular weight excluding hydrogens is 413 g/mol. The van der Waals surface area contributed by atoms with Crippen LogP contribution in [0.5, 0.6) is 5.88 Å². The van der Waals surface area contributed by atoms with Crippen LogP contribution in [0.3, 0.4) is 0 Å². The molecule has 1 fully saturated rings. The van der Waals surface area contributed by atoms with E-state index in [1.165, 1.54) is 6.07 Å². The lowest BCUT2D eigenvalue weighted by atomic mass is 9.99. The van der Waals surface area contributed by atoms with Crippen LogP contribution in [-0.2, 0) is 11.2 Å². The van der Waals surface area contributed by atoms with Gasteiger partial charge in [-0.3, -0.25) is 9.59 Å². The molecule has 1 saturated heterocycles. The van der Waals surface area contributed by atoms with Gasteiger partial charge in [-0.2, -0.15) is 0 Å². The molecule has 4 rings (SSSR count). The van der Waals surface area contributed by atoms with Crippen molar-refractivity contribution in [1.29, 1.82) is 0 Å². The molecule has 2 aromatic carbocycles. The van der Waals surface area contributed by atoms with Crippen LogP contribution in [0.25, 0.3) is 11.0 Å². The van der Waals surface area contributed by atoms with Crippen molar-refractivity contribution in [3.8, 4) is 5.88 Å². The van der Waals surface area contributed by atoms with Gasteiger partial charge in [0.25, 0.3) is 5.91 Å². The van der Waals surface area contributed by atoms with E-state index in [-0.39, 0.29) is 35.2 Å². The molecule has 166 valence electrons. The average molecular weight is 437 g/mol. The van der Waals surface area contributed by atoms with Crippen molar-refractivity contribution in [1.82, 2.24) is 14.9 Å². The second-order valence-corrected chi connectivity index (χ2v) is 8.06. The minimum absolute atomic E-state index is 0.0332. The monoisotopic (exact) mass is 437 g/mol. The molecule has 2 N–H and O–H groups in total. The quantitative estimate of drug-likeness (QED) is 0.544. The maximum atomic E-state index is 14.7. The topological polar surface area (TPSA) is 104 Å². The molecule has 8 heteroatoms. The third-order valence-electron chi connectivity index (χ3n) is 5.84. The van der Waals surface area contributed by atoms with Crippen LogP contribution in [0.1, 0.15) is 53.2 Å². The Hall–Kier alpha value is -3.55. The van der Waals surface area contributed by atoms with Crippen molar-refractivity contribution in [2.75, 3.05) is 13.1 Å². The van der Waals surface area contributed by atoms with E-state index < -0.39 is 11.8 Å². The number of nitrogens with zero attached hydrogens (tertiary/aromatic N) is 3. The third kappa shape index (κ3) is 4.69. The Labute approximate surface area is 184 Å². The van der Waals surface area contributed by atoms with E-state index in [0.29, 0.717) is 43.6 Å². The number of amides is 1. The van der Waals surface area contributed by atoms with Gasteiger partial charge in [0, 0.05) is 31.5 Å². The zero-order valence-electron chi connectivity index (χ0n) is 17.5. The van der Waals surface area contributed by atoms with Gasteiger partial charge < -0.3 is 15.1 Å². The van der Waals surface area contributed by atoms with E-state index in [0.717, 1.165) is 18.1 Å². The smallest absolute Gasteiger partial charge is 0.303 e. The molecule has 1 aliphatic heterocycles. The van der Waals surface area contributed by atoms with E-state index in [1.54, 1.807) is 4.90 Å². The zero-order valence-corrected chi connectivity index (χ0v) is 17.5. The van der Waals surface area contributed by atoms with E-state index >= 15 is 0 Å². The Morgan fingerprint density at radius 3 is 2.59 bits per heavy atom. The van der Waals surface area contributed by atoms with Crippen LogP contribution in [0, 0.1) is 5.82 Å². The molecule has 1 amide bonds. The predicted molar refractivity (Wildman–Crippen MR) is 116 cm³/mol. The first-order valence-electron chi connectivity index (χ1n) is 10.7. The van der Waals surface area contributed by atoms with Gasteiger partial charge in [-0.25, -0.2) is 14.4 Å². The normalized spacial score (nSPS) is 15.9. The lowest BCUT2D eigenvalue weighted by molar-refractivity contribution is -0.137. The number of carbonyl (C=O) groups is 2. The molecule has 3 aromatic rings. The van der Waals surface area contributed by atoms with E-state index in [2.05, 4.69) is 9.97 Å². The third-order valence-corrected chi connectivity index (χ3v) is 5.84. The van der Waals surface area contributed by atoms with Gasteiger partial charge in [0.2, 0.25) is 5.88 Å².